The number of aromatic nitrogens is 3. The standard InChI is InChI=1S/C15H18N4/c1-3-4-8-19-13-10(2)6-5-7-11(13)12-9-17-15(16)18-14(12)19/h5-7,9H,3-4,8H2,1-2H3,(H2,16,17,18). The van der Waals surface area contributed by atoms with E-state index >= 15 is 0 Å². The molecular formula is C15H18N4. The predicted octanol–water partition coefficient (Wildman–Crippen LogP) is 3.28. The van der Waals surface area contributed by atoms with E-state index in [-0.39, 0.29) is 0 Å². The van der Waals surface area contributed by atoms with Crippen molar-refractivity contribution in [2.45, 2.75) is 33.2 Å². The molecule has 0 saturated heterocycles. The van der Waals surface area contributed by atoms with Gasteiger partial charge in [0.05, 0.1) is 5.52 Å². The molecule has 2 heterocycles. The van der Waals surface area contributed by atoms with Gasteiger partial charge in [0, 0.05) is 23.5 Å². The van der Waals surface area contributed by atoms with Crippen molar-refractivity contribution >= 4 is 27.9 Å². The molecular weight excluding hydrogens is 236 g/mol. The van der Waals surface area contributed by atoms with Gasteiger partial charge in [-0.3, -0.25) is 0 Å². The van der Waals surface area contributed by atoms with Crippen LogP contribution < -0.4 is 5.73 Å². The highest BCUT2D eigenvalue weighted by Crippen LogP contribution is 2.30. The molecule has 4 nitrogen and oxygen atoms in total. The zero-order valence-corrected chi connectivity index (χ0v) is 11.3. The molecule has 0 saturated carbocycles. The van der Waals surface area contributed by atoms with Crippen LogP contribution >= 0.6 is 0 Å². The zero-order valence-electron chi connectivity index (χ0n) is 11.3. The number of benzene rings is 1. The van der Waals surface area contributed by atoms with Crippen molar-refractivity contribution in [1.82, 2.24) is 14.5 Å². The van der Waals surface area contributed by atoms with Crippen molar-refractivity contribution in [2.24, 2.45) is 0 Å². The Bertz CT molecular complexity index is 743. The van der Waals surface area contributed by atoms with Crippen molar-refractivity contribution in [3.8, 4) is 0 Å². The summed E-state index contributed by atoms with van der Waals surface area (Å²) in [6.07, 6.45) is 4.13. The smallest absolute Gasteiger partial charge is 0.221 e. The maximum atomic E-state index is 5.75. The van der Waals surface area contributed by atoms with Gasteiger partial charge in [0.2, 0.25) is 5.95 Å². The van der Waals surface area contributed by atoms with Gasteiger partial charge >= 0.3 is 0 Å². The Morgan fingerprint density at radius 2 is 2.11 bits per heavy atom. The van der Waals surface area contributed by atoms with Gasteiger partial charge in [0.1, 0.15) is 5.65 Å². The first-order valence-corrected chi connectivity index (χ1v) is 6.72. The molecule has 2 N–H and O–H groups in total. The number of hydrogen-bond acceptors (Lipinski definition) is 3. The maximum Gasteiger partial charge on any atom is 0.221 e. The van der Waals surface area contributed by atoms with E-state index in [9.17, 15) is 0 Å². The van der Waals surface area contributed by atoms with E-state index in [0.29, 0.717) is 5.95 Å². The Morgan fingerprint density at radius 1 is 1.26 bits per heavy atom. The second kappa shape index (κ2) is 4.53. The number of rotatable bonds is 3. The van der Waals surface area contributed by atoms with Crippen LogP contribution in [0.1, 0.15) is 25.3 Å². The van der Waals surface area contributed by atoms with E-state index in [4.69, 9.17) is 5.73 Å². The molecule has 0 spiro atoms. The van der Waals surface area contributed by atoms with Gasteiger partial charge in [-0.1, -0.05) is 31.5 Å². The summed E-state index contributed by atoms with van der Waals surface area (Å²) in [6, 6.07) is 6.35. The lowest BCUT2D eigenvalue weighted by Gasteiger charge is -2.07. The number of anilines is 1. The molecule has 3 aromatic rings. The van der Waals surface area contributed by atoms with Gasteiger partial charge in [-0.2, -0.15) is 4.98 Å². The van der Waals surface area contributed by atoms with Crippen molar-refractivity contribution in [1.29, 1.82) is 0 Å². The van der Waals surface area contributed by atoms with Crippen LogP contribution in [-0.4, -0.2) is 14.5 Å². The van der Waals surface area contributed by atoms with Crippen LogP contribution in [0.3, 0.4) is 0 Å². The summed E-state index contributed by atoms with van der Waals surface area (Å²) in [5, 5.41) is 2.30. The van der Waals surface area contributed by atoms with Gasteiger partial charge in [-0.25, -0.2) is 4.98 Å². The molecule has 4 heteroatoms. The van der Waals surface area contributed by atoms with E-state index in [1.54, 1.807) is 0 Å². The fraction of sp³-hybridized carbons (Fsp3) is 0.333. The van der Waals surface area contributed by atoms with Crippen LogP contribution in [0.4, 0.5) is 5.95 Å². The number of para-hydroxylation sites is 1. The van der Waals surface area contributed by atoms with Crippen LogP contribution in [0.25, 0.3) is 21.9 Å². The Balaban J connectivity index is 2.40. The first kappa shape index (κ1) is 12.0. The quantitative estimate of drug-likeness (QED) is 0.780. The monoisotopic (exact) mass is 254 g/mol. The minimum absolute atomic E-state index is 0.339. The lowest BCUT2D eigenvalue weighted by atomic mass is 10.1. The van der Waals surface area contributed by atoms with Gasteiger partial charge in [-0.05, 0) is 18.9 Å². The minimum atomic E-state index is 0.339. The molecule has 0 amide bonds. The number of unbranched alkanes of at least 4 members (excludes halogenated alkanes) is 1. The third-order valence-corrected chi connectivity index (χ3v) is 3.58. The molecule has 0 aliphatic rings. The average Bonchev–Trinajstić information content (AvgIpc) is 2.71. The fourth-order valence-corrected chi connectivity index (χ4v) is 2.66. The highest BCUT2D eigenvalue weighted by atomic mass is 15.1. The summed E-state index contributed by atoms with van der Waals surface area (Å²) < 4.78 is 2.28. The maximum absolute atomic E-state index is 5.75. The largest absolute Gasteiger partial charge is 0.368 e. The summed E-state index contributed by atoms with van der Waals surface area (Å²) >= 11 is 0. The molecule has 2 aromatic heterocycles. The normalized spacial score (nSPS) is 11.5. The molecule has 19 heavy (non-hydrogen) atoms. The molecule has 0 atom stereocenters. The van der Waals surface area contributed by atoms with Crippen LogP contribution in [-0.2, 0) is 6.54 Å². The number of hydrogen-bond donors (Lipinski definition) is 1. The average molecular weight is 254 g/mol. The second-order valence-corrected chi connectivity index (χ2v) is 4.94. The Kier molecular flexibility index (Phi) is 2.85. The lowest BCUT2D eigenvalue weighted by Crippen LogP contribution is -2.02. The fourth-order valence-electron chi connectivity index (χ4n) is 2.66. The summed E-state index contributed by atoms with van der Waals surface area (Å²) in [5.41, 5.74) is 9.22. The summed E-state index contributed by atoms with van der Waals surface area (Å²) in [4.78, 5) is 8.57. The third kappa shape index (κ3) is 1.84. The molecule has 98 valence electrons. The molecule has 0 aliphatic carbocycles. The van der Waals surface area contributed by atoms with Gasteiger partial charge in [-0.15, -0.1) is 0 Å². The zero-order chi connectivity index (χ0) is 13.4. The van der Waals surface area contributed by atoms with Crippen LogP contribution in [0, 0.1) is 6.92 Å². The van der Waals surface area contributed by atoms with E-state index in [1.807, 2.05) is 6.20 Å². The van der Waals surface area contributed by atoms with Crippen molar-refractivity contribution in [2.75, 3.05) is 5.73 Å². The predicted molar refractivity (Wildman–Crippen MR) is 79.1 cm³/mol. The van der Waals surface area contributed by atoms with Crippen molar-refractivity contribution in [3.05, 3.63) is 30.0 Å². The number of nitrogens with two attached hydrogens (primary N) is 1. The molecule has 0 aliphatic heterocycles. The van der Waals surface area contributed by atoms with Crippen LogP contribution in [0.2, 0.25) is 0 Å². The molecule has 1 aromatic carbocycles. The highest BCUT2D eigenvalue weighted by molar-refractivity contribution is 6.07. The van der Waals surface area contributed by atoms with E-state index in [0.717, 1.165) is 30.4 Å². The second-order valence-electron chi connectivity index (χ2n) is 4.94. The molecule has 0 unspecified atom stereocenters. The first-order chi connectivity index (χ1) is 9.22. The highest BCUT2D eigenvalue weighted by Gasteiger charge is 2.13. The van der Waals surface area contributed by atoms with Gasteiger partial charge in [0.25, 0.3) is 0 Å². The Hall–Kier alpha value is -2.10. The first-order valence-electron chi connectivity index (χ1n) is 6.72. The topological polar surface area (TPSA) is 56.7 Å². The molecule has 0 radical (unpaired) electrons. The van der Waals surface area contributed by atoms with Crippen molar-refractivity contribution < 1.29 is 0 Å². The van der Waals surface area contributed by atoms with Crippen LogP contribution in [0.15, 0.2) is 24.4 Å². The molecule has 0 bridgehead atoms. The van der Waals surface area contributed by atoms with Crippen LogP contribution in [0.5, 0.6) is 0 Å². The SMILES string of the molecule is CCCCn1c2nc(N)ncc2c2cccc(C)c21. The van der Waals surface area contributed by atoms with Gasteiger partial charge < -0.3 is 10.3 Å². The minimum Gasteiger partial charge on any atom is -0.368 e. The van der Waals surface area contributed by atoms with E-state index in [1.165, 1.54) is 16.5 Å². The number of fused-ring (bicyclic) bond motifs is 3. The van der Waals surface area contributed by atoms with E-state index in [2.05, 4.69) is 46.6 Å². The lowest BCUT2D eigenvalue weighted by molar-refractivity contribution is 0.660. The third-order valence-electron chi connectivity index (χ3n) is 3.58. The number of nitrogens with zero attached hydrogens (tertiary/aromatic N) is 3. The number of aryl methyl sites for hydroxylation is 2. The molecule has 0 fully saturated rings. The van der Waals surface area contributed by atoms with E-state index < -0.39 is 0 Å². The summed E-state index contributed by atoms with van der Waals surface area (Å²) in [6.45, 7) is 5.31. The Labute approximate surface area is 112 Å². The van der Waals surface area contributed by atoms with Gasteiger partial charge in [0.15, 0.2) is 0 Å². The summed E-state index contributed by atoms with van der Waals surface area (Å²) in [7, 11) is 0. The molecule has 3 rings (SSSR count). The number of nitrogen functional groups attached to an aromatic ring is 1. The summed E-state index contributed by atoms with van der Waals surface area (Å²) in [5.74, 6) is 0.339. The Morgan fingerprint density at radius 3 is 2.89 bits per heavy atom. The van der Waals surface area contributed by atoms with Crippen molar-refractivity contribution in [3.63, 3.8) is 0 Å².